The number of rotatable bonds is 10. The van der Waals surface area contributed by atoms with Gasteiger partial charge in [-0.3, -0.25) is 4.79 Å². The number of hydrogen-bond donors (Lipinski definition) is 1. The van der Waals surface area contributed by atoms with E-state index in [-0.39, 0.29) is 11.4 Å². The molecule has 0 aromatic heterocycles. The fourth-order valence-corrected chi connectivity index (χ4v) is 4.86. The molecule has 3 rings (SSSR count). The fourth-order valence-electron chi connectivity index (χ4n) is 3.08. The van der Waals surface area contributed by atoms with Crippen LogP contribution in [0.1, 0.15) is 11.1 Å². The molecular weight excluding hydrogens is 558 g/mol. The first-order valence-corrected chi connectivity index (χ1v) is 12.9. The molecule has 0 saturated heterocycles. The molecule has 0 radical (unpaired) electrons. The molecule has 184 valence electrons. The van der Waals surface area contributed by atoms with Gasteiger partial charge in [-0.15, -0.1) is 0 Å². The normalized spacial score (nSPS) is 11.6. The quantitative estimate of drug-likeness (QED) is 0.282. The van der Waals surface area contributed by atoms with Gasteiger partial charge in [0.05, 0.1) is 31.9 Å². The topological polar surface area (TPSA) is 97.3 Å². The van der Waals surface area contributed by atoms with Crippen LogP contribution in [-0.2, 0) is 21.4 Å². The summed E-state index contributed by atoms with van der Waals surface area (Å²) in [6.45, 7) is -0.466. The number of methoxy groups -OCH3 is 2. The lowest BCUT2D eigenvalue weighted by Crippen LogP contribution is -2.39. The van der Waals surface area contributed by atoms with Gasteiger partial charge in [0, 0.05) is 21.6 Å². The van der Waals surface area contributed by atoms with Crippen molar-refractivity contribution in [3.8, 4) is 11.5 Å². The van der Waals surface area contributed by atoms with Crippen LogP contribution in [0, 0.1) is 0 Å². The van der Waals surface area contributed by atoms with E-state index in [0.717, 1.165) is 8.78 Å². The summed E-state index contributed by atoms with van der Waals surface area (Å²) < 4.78 is 39.1. The number of nitrogens with one attached hydrogen (secondary N) is 1. The Balaban J connectivity index is 1.80. The van der Waals surface area contributed by atoms with Crippen molar-refractivity contribution in [2.75, 3.05) is 20.8 Å². The second-order valence-electron chi connectivity index (χ2n) is 7.25. The molecule has 0 bridgehead atoms. The number of sulfonamides is 1. The summed E-state index contributed by atoms with van der Waals surface area (Å²) in [5.74, 6) is 0.511. The third kappa shape index (κ3) is 7.28. The predicted octanol–water partition coefficient (Wildman–Crippen LogP) is 4.46. The van der Waals surface area contributed by atoms with Crippen molar-refractivity contribution in [1.82, 2.24) is 9.73 Å². The van der Waals surface area contributed by atoms with Crippen LogP contribution in [0.3, 0.4) is 0 Å². The van der Waals surface area contributed by atoms with Gasteiger partial charge in [-0.2, -0.15) is 9.41 Å². The van der Waals surface area contributed by atoms with Crippen LogP contribution < -0.4 is 14.9 Å². The molecule has 0 atom stereocenters. The van der Waals surface area contributed by atoms with Crippen LogP contribution in [0.4, 0.5) is 0 Å². The zero-order valence-corrected chi connectivity index (χ0v) is 22.1. The van der Waals surface area contributed by atoms with Crippen LogP contribution in [0.2, 0.25) is 5.02 Å². The summed E-state index contributed by atoms with van der Waals surface area (Å²) >= 11 is 9.27. The Morgan fingerprint density at radius 3 is 2.37 bits per heavy atom. The van der Waals surface area contributed by atoms with Crippen molar-refractivity contribution >= 4 is 49.7 Å². The van der Waals surface area contributed by atoms with Crippen molar-refractivity contribution in [2.45, 2.75) is 11.4 Å². The van der Waals surface area contributed by atoms with Crippen molar-refractivity contribution < 1.29 is 22.7 Å². The number of halogens is 2. The molecule has 1 N–H and O–H groups in total. The number of carbonyl (C=O) groups is 1. The van der Waals surface area contributed by atoms with Gasteiger partial charge in [-0.25, -0.2) is 13.8 Å². The van der Waals surface area contributed by atoms with E-state index in [1.165, 1.54) is 44.7 Å². The van der Waals surface area contributed by atoms with E-state index >= 15 is 0 Å². The SMILES string of the molecule is COc1ccc(OC)c(/C=N\NC(=O)CN(Cc2ccc(Br)cc2)S(=O)(=O)c2ccc(Cl)cc2)c1. The van der Waals surface area contributed by atoms with Gasteiger partial charge in [0.15, 0.2) is 0 Å². The molecule has 0 aliphatic rings. The molecule has 0 saturated carbocycles. The number of hydrogen-bond acceptors (Lipinski definition) is 6. The Kier molecular flexibility index (Phi) is 9.27. The average molecular weight is 581 g/mol. The molecule has 0 aliphatic heterocycles. The molecule has 11 heteroatoms. The number of nitrogens with zero attached hydrogens (tertiary/aromatic N) is 2. The van der Waals surface area contributed by atoms with Gasteiger partial charge >= 0.3 is 0 Å². The highest BCUT2D eigenvalue weighted by Crippen LogP contribution is 2.23. The smallest absolute Gasteiger partial charge is 0.255 e. The minimum absolute atomic E-state index is 0.0148. The molecule has 0 heterocycles. The fraction of sp³-hybridized carbons (Fsp3) is 0.167. The van der Waals surface area contributed by atoms with Gasteiger partial charge < -0.3 is 9.47 Å². The Bertz CT molecular complexity index is 1300. The van der Waals surface area contributed by atoms with E-state index in [0.29, 0.717) is 27.6 Å². The molecule has 0 aliphatic carbocycles. The van der Waals surface area contributed by atoms with Crippen molar-refractivity contribution in [1.29, 1.82) is 0 Å². The van der Waals surface area contributed by atoms with E-state index in [4.69, 9.17) is 21.1 Å². The minimum atomic E-state index is -4.00. The van der Waals surface area contributed by atoms with E-state index < -0.39 is 22.5 Å². The maximum absolute atomic E-state index is 13.3. The van der Waals surface area contributed by atoms with Crippen LogP contribution in [0.15, 0.2) is 81.2 Å². The number of ether oxygens (including phenoxy) is 2. The lowest BCUT2D eigenvalue weighted by molar-refractivity contribution is -0.121. The summed E-state index contributed by atoms with van der Waals surface area (Å²) in [6.07, 6.45) is 1.39. The summed E-state index contributed by atoms with van der Waals surface area (Å²) in [5, 5.41) is 4.36. The first kappa shape index (κ1) is 26.7. The van der Waals surface area contributed by atoms with Gasteiger partial charge in [-0.1, -0.05) is 39.7 Å². The molecule has 35 heavy (non-hydrogen) atoms. The van der Waals surface area contributed by atoms with Crippen molar-refractivity contribution in [3.63, 3.8) is 0 Å². The monoisotopic (exact) mass is 579 g/mol. The average Bonchev–Trinajstić information content (AvgIpc) is 2.85. The third-order valence-corrected chi connectivity index (χ3v) is 7.46. The van der Waals surface area contributed by atoms with Gasteiger partial charge in [0.1, 0.15) is 11.5 Å². The second-order valence-corrected chi connectivity index (χ2v) is 10.5. The maximum atomic E-state index is 13.3. The molecule has 1 amide bonds. The Morgan fingerprint density at radius 2 is 1.74 bits per heavy atom. The van der Waals surface area contributed by atoms with Crippen molar-refractivity contribution in [3.05, 3.63) is 87.4 Å². The summed E-state index contributed by atoms with van der Waals surface area (Å²) in [6, 6.07) is 18.1. The van der Waals surface area contributed by atoms with Crippen LogP contribution >= 0.6 is 27.5 Å². The largest absolute Gasteiger partial charge is 0.497 e. The number of benzene rings is 3. The van der Waals surface area contributed by atoms with E-state index in [9.17, 15) is 13.2 Å². The number of hydrazone groups is 1. The highest BCUT2D eigenvalue weighted by atomic mass is 79.9. The van der Waals surface area contributed by atoms with Crippen LogP contribution in [0.25, 0.3) is 0 Å². The van der Waals surface area contributed by atoms with E-state index in [1.54, 1.807) is 42.5 Å². The second kappa shape index (κ2) is 12.2. The highest BCUT2D eigenvalue weighted by Gasteiger charge is 2.27. The molecule has 3 aromatic carbocycles. The lowest BCUT2D eigenvalue weighted by atomic mass is 10.2. The standard InChI is InChI=1S/C24H23BrClN3O5S/c1-33-21-9-12-23(34-2)18(13-21)14-27-28-24(30)16-29(15-17-3-5-19(25)6-4-17)35(31,32)22-10-7-20(26)8-11-22/h3-14H,15-16H2,1-2H3,(H,28,30)/b27-14-. The predicted molar refractivity (Wildman–Crippen MR) is 138 cm³/mol. The Hall–Kier alpha value is -2.92. The summed E-state index contributed by atoms with van der Waals surface area (Å²) in [4.78, 5) is 12.7. The molecular formula is C24H23BrClN3O5S. The zero-order chi connectivity index (χ0) is 25.4. The molecule has 3 aromatic rings. The van der Waals surface area contributed by atoms with Crippen LogP contribution in [-0.4, -0.2) is 45.6 Å². The first-order valence-electron chi connectivity index (χ1n) is 10.3. The van der Waals surface area contributed by atoms with Gasteiger partial charge in [-0.05, 0) is 60.2 Å². The van der Waals surface area contributed by atoms with E-state index in [2.05, 4.69) is 26.5 Å². The van der Waals surface area contributed by atoms with Gasteiger partial charge in [0.25, 0.3) is 5.91 Å². The first-order chi connectivity index (χ1) is 16.7. The van der Waals surface area contributed by atoms with Crippen molar-refractivity contribution in [2.24, 2.45) is 5.10 Å². The van der Waals surface area contributed by atoms with Gasteiger partial charge in [0.2, 0.25) is 10.0 Å². The molecule has 0 spiro atoms. The minimum Gasteiger partial charge on any atom is -0.497 e. The number of amides is 1. The number of carbonyl (C=O) groups excluding carboxylic acids is 1. The summed E-state index contributed by atoms with van der Waals surface area (Å²) in [5.41, 5.74) is 3.67. The van der Waals surface area contributed by atoms with E-state index in [1.807, 2.05) is 0 Å². The molecule has 0 fully saturated rings. The third-order valence-electron chi connectivity index (χ3n) is 4.87. The summed E-state index contributed by atoms with van der Waals surface area (Å²) in [7, 11) is -0.958. The highest BCUT2D eigenvalue weighted by molar-refractivity contribution is 9.10. The lowest BCUT2D eigenvalue weighted by Gasteiger charge is -2.21. The Labute approximate surface area is 217 Å². The maximum Gasteiger partial charge on any atom is 0.255 e. The Morgan fingerprint density at radius 1 is 1.06 bits per heavy atom. The van der Waals surface area contributed by atoms with Crippen LogP contribution in [0.5, 0.6) is 11.5 Å². The zero-order valence-electron chi connectivity index (χ0n) is 18.9. The molecule has 0 unspecified atom stereocenters. The molecule has 8 nitrogen and oxygen atoms in total.